The molecule has 1 nitrogen and oxygen atoms in total. The van der Waals surface area contributed by atoms with Gasteiger partial charge in [-0.1, -0.05) is 30.3 Å². The molecule has 0 aliphatic heterocycles. The van der Waals surface area contributed by atoms with Crippen LogP contribution in [0.4, 0.5) is 0 Å². The Morgan fingerprint density at radius 3 is 2.62 bits per heavy atom. The van der Waals surface area contributed by atoms with E-state index in [4.69, 9.17) is 11.6 Å². The third-order valence-electron chi connectivity index (χ3n) is 3.34. The Balaban J connectivity index is 1.78. The highest BCUT2D eigenvalue weighted by Crippen LogP contribution is 2.29. The maximum atomic E-state index is 6.13. The van der Waals surface area contributed by atoms with Crippen molar-refractivity contribution in [3.8, 4) is 0 Å². The van der Waals surface area contributed by atoms with Crippen molar-refractivity contribution in [3.05, 3.63) is 35.9 Å². The second-order valence-electron chi connectivity index (χ2n) is 4.96. The largest absolute Gasteiger partial charge is 0.302 e. The Hall–Kier alpha value is -0.530. The second-order valence-corrected chi connectivity index (χ2v) is 5.58. The van der Waals surface area contributed by atoms with E-state index in [-0.39, 0.29) is 0 Å². The summed E-state index contributed by atoms with van der Waals surface area (Å²) in [5.74, 6) is 0.802. The van der Waals surface area contributed by atoms with Gasteiger partial charge in [-0.15, -0.1) is 11.6 Å². The maximum absolute atomic E-state index is 6.13. The minimum absolute atomic E-state index is 0.426. The van der Waals surface area contributed by atoms with Crippen LogP contribution in [0.25, 0.3) is 0 Å². The number of benzene rings is 1. The molecule has 1 aliphatic rings. The minimum atomic E-state index is 0.426. The van der Waals surface area contributed by atoms with Crippen LogP contribution in [0.2, 0.25) is 0 Å². The van der Waals surface area contributed by atoms with E-state index in [9.17, 15) is 0 Å². The third kappa shape index (κ3) is 3.50. The fraction of sp³-hybridized carbons (Fsp3) is 0.571. The Bertz CT molecular complexity index is 312. The van der Waals surface area contributed by atoms with Crippen LogP contribution < -0.4 is 0 Å². The molecule has 0 saturated heterocycles. The zero-order valence-corrected chi connectivity index (χ0v) is 10.7. The number of nitrogens with zero attached hydrogens (tertiary/aromatic N) is 1. The Labute approximate surface area is 103 Å². The van der Waals surface area contributed by atoms with E-state index in [1.54, 1.807) is 0 Å². The first-order valence-electron chi connectivity index (χ1n) is 6.10. The molecule has 1 aliphatic carbocycles. The predicted octanol–water partition coefficient (Wildman–Crippen LogP) is 3.53. The topological polar surface area (TPSA) is 3.24 Å². The molecule has 0 bridgehead atoms. The highest BCUT2D eigenvalue weighted by Gasteiger charge is 2.23. The molecule has 0 amide bonds. The van der Waals surface area contributed by atoms with Gasteiger partial charge < -0.3 is 4.90 Å². The summed E-state index contributed by atoms with van der Waals surface area (Å²) in [5, 5.41) is 0.426. The van der Waals surface area contributed by atoms with Gasteiger partial charge in [0.15, 0.2) is 0 Å². The van der Waals surface area contributed by atoms with Gasteiger partial charge >= 0.3 is 0 Å². The smallest absolute Gasteiger partial charge is 0.0339 e. The van der Waals surface area contributed by atoms with Crippen molar-refractivity contribution in [1.82, 2.24) is 4.90 Å². The summed E-state index contributed by atoms with van der Waals surface area (Å²) in [6.07, 6.45) is 3.69. The van der Waals surface area contributed by atoms with E-state index < -0.39 is 0 Å². The molecular weight excluding hydrogens is 218 g/mol. The number of halogens is 1. The molecule has 2 rings (SSSR count). The molecule has 0 radical (unpaired) electrons. The van der Waals surface area contributed by atoms with Crippen molar-refractivity contribution in [2.45, 2.75) is 31.2 Å². The van der Waals surface area contributed by atoms with E-state index in [0.717, 1.165) is 12.5 Å². The molecular formula is C14H20ClN. The average molecular weight is 238 g/mol. The van der Waals surface area contributed by atoms with Crippen LogP contribution in [0.3, 0.4) is 0 Å². The quantitative estimate of drug-likeness (QED) is 0.725. The van der Waals surface area contributed by atoms with Crippen LogP contribution in [-0.2, 0) is 6.54 Å². The van der Waals surface area contributed by atoms with Gasteiger partial charge in [-0.2, -0.15) is 0 Å². The Kier molecular flexibility index (Phi) is 4.25. The van der Waals surface area contributed by atoms with Gasteiger partial charge in [0.1, 0.15) is 0 Å². The van der Waals surface area contributed by atoms with E-state index in [1.807, 2.05) is 0 Å². The SMILES string of the molecule is CN(Cc1ccccc1)CC1CCC(Cl)C1. The number of hydrogen-bond acceptors (Lipinski definition) is 1. The summed E-state index contributed by atoms with van der Waals surface area (Å²) in [7, 11) is 2.20. The Morgan fingerprint density at radius 1 is 1.25 bits per heavy atom. The summed E-state index contributed by atoms with van der Waals surface area (Å²) in [4.78, 5) is 2.41. The summed E-state index contributed by atoms with van der Waals surface area (Å²) >= 11 is 6.13. The van der Waals surface area contributed by atoms with Crippen molar-refractivity contribution < 1.29 is 0 Å². The molecule has 1 aromatic rings. The molecule has 2 unspecified atom stereocenters. The lowest BCUT2D eigenvalue weighted by Crippen LogP contribution is -2.24. The first-order chi connectivity index (χ1) is 7.74. The fourth-order valence-corrected chi connectivity index (χ4v) is 2.96. The van der Waals surface area contributed by atoms with E-state index in [1.165, 1.54) is 31.4 Å². The van der Waals surface area contributed by atoms with Crippen molar-refractivity contribution in [2.24, 2.45) is 5.92 Å². The fourth-order valence-electron chi connectivity index (χ4n) is 2.58. The number of hydrogen-bond donors (Lipinski definition) is 0. The summed E-state index contributed by atoms with van der Waals surface area (Å²) in [5.41, 5.74) is 1.39. The van der Waals surface area contributed by atoms with E-state index in [0.29, 0.717) is 5.38 Å². The van der Waals surface area contributed by atoms with Crippen molar-refractivity contribution in [2.75, 3.05) is 13.6 Å². The predicted molar refractivity (Wildman–Crippen MR) is 69.8 cm³/mol. The summed E-state index contributed by atoms with van der Waals surface area (Å²) in [6, 6.07) is 10.7. The minimum Gasteiger partial charge on any atom is -0.302 e. The zero-order valence-electron chi connectivity index (χ0n) is 9.90. The molecule has 0 aromatic heterocycles. The van der Waals surface area contributed by atoms with Crippen LogP contribution >= 0.6 is 11.6 Å². The molecule has 1 aromatic carbocycles. The average Bonchev–Trinajstić information content (AvgIpc) is 2.65. The summed E-state index contributed by atoms with van der Waals surface area (Å²) < 4.78 is 0. The number of alkyl halides is 1. The lowest BCUT2D eigenvalue weighted by atomic mass is 10.1. The first-order valence-corrected chi connectivity index (χ1v) is 6.54. The van der Waals surface area contributed by atoms with Crippen LogP contribution in [-0.4, -0.2) is 23.9 Å². The van der Waals surface area contributed by atoms with Crippen LogP contribution in [0.15, 0.2) is 30.3 Å². The zero-order chi connectivity index (χ0) is 11.4. The molecule has 0 N–H and O–H groups in total. The third-order valence-corrected chi connectivity index (χ3v) is 3.74. The molecule has 88 valence electrons. The lowest BCUT2D eigenvalue weighted by molar-refractivity contribution is 0.271. The summed E-state index contributed by atoms with van der Waals surface area (Å²) in [6.45, 7) is 2.22. The van der Waals surface area contributed by atoms with Crippen LogP contribution in [0.5, 0.6) is 0 Å². The van der Waals surface area contributed by atoms with Crippen molar-refractivity contribution >= 4 is 11.6 Å². The highest BCUT2D eigenvalue weighted by atomic mass is 35.5. The lowest BCUT2D eigenvalue weighted by Gasteiger charge is -2.20. The molecule has 1 saturated carbocycles. The molecule has 0 heterocycles. The van der Waals surface area contributed by atoms with Gasteiger partial charge in [0.2, 0.25) is 0 Å². The van der Waals surface area contributed by atoms with E-state index >= 15 is 0 Å². The van der Waals surface area contributed by atoms with Crippen molar-refractivity contribution in [3.63, 3.8) is 0 Å². The molecule has 0 spiro atoms. The molecule has 16 heavy (non-hydrogen) atoms. The van der Waals surface area contributed by atoms with Gasteiger partial charge in [-0.25, -0.2) is 0 Å². The van der Waals surface area contributed by atoms with Gasteiger partial charge in [0.05, 0.1) is 0 Å². The normalized spacial score (nSPS) is 25.2. The van der Waals surface area contributed by atoms with Crippen LogP contribution in [0.1, 0.15) is 24.8 Å². The van der Waals surface area contributed by atoms with Gasteiger partial charge in [0, 0.05) is 18.5 Å². The molecule has 2 atom stereocenters. The van der Waals surface area contributed by atoms with Gasteiger partial charge in [-0.05, 0) is 37.8 Å². The second kappa shape index (κ2) is 5.70. The van der Waals surface area contributed by atoms with Gasteiger partial charge in [-0.3, -0.25) is 0 Å². The monoisotopic (exact) mass is 237 g/mol. The number of rotatable bonds is 4. The Morgan fingerprint density at radius 2 is 2.00 bits per heavy atom. The van der Waals surface area contributed by atoms with Crippen LogP contribution in [0, 0.1) is 5.92 Å². The standard InChI is InChI=1S/C14H20ClN/c1-16(10-12-5-3-2-4-6-12)11-13-7-8-14(15)9-13/h2-6,13-14H,7-11H2,1H3. The molecule has 1 fully saturated rings. The van der Waals surface area contributed by atoms with Gasteiger partial charge in [0.25, 0.3) is 0 Å². The maximum Gasteiger partial charge on any atom is 0.0339 e. The van der Waals surface area contributed by atoms with Crippen molar-refractivity contribution in [1.29, 1.82) is 0 Å². The first kappa shape index (κ1) is 11.9. The molecule has 2 heteroatoms. The highest BCUT2D eigenvalue weighted by molar-refractivity contribution is 6.20. The van der Waals surface area contributed by atoms with E-state index in [2.05, 4.69) is 42.3 Å².